The minimum Gasteiger partial charge on any atom is -0.380 e. The van der Waals surface area contributed by atoms with Gasteiger partial charge in [-0.25, -0.2) is 9.37 Å². The second-order valence-electron chi connectivity index (χ2n) is 6.19. The van der Waals surface area contributed by atoms with Crippen molar-refractivity contribution in [3.63, 3.8) is 0 Å². The summed E-state index contributed by atoms with van der Waals surface area (Å²) in [6.45, 7) is 0. The summed E-state index contributed by atoms with van der Waals surface area (Å²) in [5.74, 6) is 1.21. The highest BCUT2D eigenvalue weighted by Gasteiger charge is 2.33. The lowest BCUT2D eigenvalue weighted by molar-refractivity contribution is 0.364. The normalized spacial score (nSPS) is 23.9. The van der Waals surface area contributed by atoms with Crippen LogP contribution < -0.4 is 10.9 Å². The van der Waals surface area contributed by atoms with Gasteiger partial charge in [0.25, 0.3) is 5.56 Å². The van der Waals surface area contributed by atoms with Crippen molar-refractivity contribution in [3.8, 4) is 0 Å². The Hall–Kier alpha value is -2.24. The van der Waals surface area contributed by atoms with E-state index < -0.39 is 0 Å². The highest BCUT2D eigenvalue weighted by molar-refractivity contribution is 5.44. The fourth-order valence-corrected chi connectivity index (χ4v) is 2.94. The predicted molar refractivity (Wildman–Crippen MR) is 80.4 cm³/mol. The van der Waals surface area contributed by atoms with Crippen LogP contribution in [0.15, 0.2) is 29.3 Å². The maximum absolute atomic E-state index is 13.5. The molecule has 22 heavy (non-hydrogen) atoms. The molecular weight excluding hydrogens is 283 g/mol. The highest BCUT2D eigenvalue weighted by Crippen LogP contribution is 2.40. The van der Waals surface area contributed by atoms with Crippen LogP contribution >= 0.6 is 0 Å². The molecule has 0 aromatic carbocycles. The number of nitrogens with zero attached hydrogens (tertiary/aromatic N) is 2. The third-order valence-electron chi connectivity index (χ3n) is 4.43. The Morgan fingerprint density at radius 2 is 2.09 bits per heavy atom. The summed E-state index contributed by atoms with van der Waals surface area (Å²) in [7, 11) is 0. The van der Waals surface area contributed by atoms with Crippen molar-refractivity contribution in [2.75, 3.05) is 5.32 Å². The average molecular weight is 300 g/mol. The largest absolute Gasteiger partial charge is 0.380 e. The van der Waals surface area contributed by atoms with Gasteiger partial charge in [-0.05, 0) is 31.7 Å². The van der Waals surface area contributed by atoms with Gasteiger partial charge in [0.15, 0.2) is 5.82 Å². The van der Waals surface area contributed by atoms with E-state index in [0.717, 1.165) is 37.2 Å². The molecule has 2 fully saturated rings. The Labute approximate surface area is 127 Å². The number of H-pyrrole nitrogens is 1. The molecule has 0 radical (unpaired) electrons. The van der Waals surface area contributed by atoms with Crippen LogP contribution in [0.4, 0.5) is 10.1 Å². The zero-order valence-electron chi connectivity index (χ0n) is 12.1. The lowest BCUT2D eigenvalue weighted by Crippen LogP contribution is -2.35. The van der Waals surface area contributed by atoms with Crippen LogP contribution in [0.2, 0.25) is 0 Å². The molecule has 0 amide bonds. The van der Waals surface area contributed by atoms with E-state index in [1.807, 2.05) is 0 Å². The third-order valence-corrected chi connectivity index (χ3v) is 4.43. The SMILES string of the molecule is O=c1cc(C2CC(Nc3ccncc3F)C2)nc(C2CC2)[nH]1. The van der Waals surface area contributed by atoms with E-state index in [0.29, 0.717) is 11.6 Å². The maximum atomic E-state index is 13.5. The number of rotatable bonds is 4. The molecule has 0 saturated heterocycles. The molecule has 114 valence electrons. The lowest BCUT2D eigenvalue weighted by atomic mass is 9.78. The molecule has 0 aliphatic heterocycles. The molecule has 0 spiro atoms. The smallest absolute Gasteiger partial charge is 0.251 e. The second kappa shape index (κ2) is 5.19. The van der Waals surface area contributed by atoms with Crippen LogP contribution in [0.25, 0.3) is 0 Å². The van der Waals surface area contributed by atoms with E-state index in [9.17, 15) is 9.18 Å². The van der Waals surface area contributed by atoms with Crippen molar-refractivity contribution < 1.29 is 4.39 Å². The Morgan fingerprint density at radius 3 is 2.82 bits per heavy atom. The first-order valence-corrected chi connectivity index (χ1v) is 7.66. The van der Waals surface area contributed by atoms with Crippen LogP contribution in [-0.2, 0) is 0 Å². The summed E-state index contributed by atoms with van der Waals surface area (Å²) in [6, 6.07) is 3.45. The van der Waals surface area contributed by atoms with Crippen LogP contribution in [0.1, 0.15) is 49.0 Å². The molecule has 2 saturated carbocycles. The first-order chi connectivity index (χ1) is 10.7. The van der Waals surface area contributed by atoms with Crippen molar-refractivity contribution in [3.05, 3.63) is 52.2 Å². The number of hydrogen-bond donors (Lipinski definition) is 2. The Kier molecular flexibility index (Phi) is 3.17. The van der Waals surface area contributed by atoms with E-state index in [2.05, 4.69) is 20.3 Å². The van der Waals surface area contributed by atoms with Gasteiger partial charge in [-0.3, -0.25) is 9.78 Å². The zero-order valence-corrected chi connectivity index (χ0v) is 12.1. The molecule has 5 nitrogen and oxygen atoms in total. The predicted octanol–water partition coefficient (Wildman–Crippen LogP) is 2.54. The summed E-state index contributed by atoms with van der Waals surface area (Å²) in [5.41, 5.74) is 1.29. The van der Waals surface area contributed by atoms with Gasteiger partial charge in [0.1, 0.15) is 5.82 Å². The molecule has 2 aromatic rings. The van der Waals surface area contributed by atoms with Crippen molar-refractivity contribution in [2.45, 2.75) is 43.6 Å². The van der Waals surface area contributed by atoms with E-state index in [1.165, 1.54) is 6.20 Å². The van der Waals surface area contributed by atoms with Gasteiger partial charge in [-0.1, -0.05) is 0 Å². The van der Waals surface area contributed by atoms with Crippen molar-refractivity contribution in [2.24, 2.45) is 0 Å². The van der Waals surface area contributed by atoms with Gasteiger partial charge in [-0.15, -0.1) is 0 Å². The average Bonchev–Trinajstić information content (AvgIpc) is 3.28. The minimum atomic E-state index is -0.337. The first-order valence-electron chi connectivity index (χ1n) is 7.66. The fourth-order valence-electron chi connectivity index (χ4n) is 2.94. The topological polar surface area (TPSA) is 70.7 Å². The van der Waals surface area contributed by atoms with E-state index in [4.69, 9.17) is 0 Å². The Bertz CT molecular complexity index is 750. The van der Waals surface area contributed by atoms with Crippen LogP contribution in [0.5, 0.6) is 0 Å². The van der Waals surface area contributed by atoms with Crippen molar-refractivity contribution in [1.82, 2.24) is 15.0 Å². The molecule has 6 heteroatoms. The number of pyridine rings is 1. The highest BCUT2D eigenvalue weighted by atomic mass is 19.1. The van der Waals surface area contributed by atoms with Crippen molar-refractivity contribution in [1.29, 1.82) is 0 Å². The molecule has 2 aliphatic carbocycles. The summed E-state index contributed by atoms with van der Waals surface area (Å²) in [4.78, 5) is 22.9. The van der Waals surface area contributed by atoms with Gasteiger partial charge in [-0.2, -0.15) is 0 Å². The van der Waals surface area contributed by atoms with Crippen LogP contribution in [0, 0.1) is 5.82 Å². The van der Waals surface area contributed by atoms with Crippen molar-refractivity contribution >= 4 is 5.69 Å². The molecule has 2 aromatic heterocycles. The molecule has 2 N–H and O–H groups in total. The number of halogens is 1. The molecule has 0 unspecified atom stereocenters. The first kappa shape index (κ1) is 13.4. The zero-order chi connectivity index (χ0) is 15.1. The van der Waals surface area contributed by atoms with Crippen LogP contribution in [-0.4, -0.2) is 21.0 Å². The van der Waals surface area contributed by atoms with Gasteiger partial charge < -0.3 is 10.3 Å². The van der Waals surface area contributed by atoms with Gasteiger partial charge >= 0.3 is 0 Å². The number of aromatic amines is 1. The molecule has 0 atom stereocenters. The standard InChI is InChI=1S/C16H17FN4O/c17-12-8-18-4-3-13(12)19-11-5-10(6-11)14-7-15(22)21-16(20-14)9-1-2-9/h3-4,7-11H,1-2,5-6H2,(H,18,19)(H,20,21,22). The molecule has 4 rings (SSSR count). The lowest BCUT2D eigenvalue weighted by Gasteiger charge is -2.36. The van der Waals surface area contributed by atoms with Crippen LogP contribution in [0.3, 0.4) is 0 Å². The monoisotopic (exact) mass is 300 g/mol. The molecule has 2 aliphatic rings. The fraction of sp³-hybridized carbons (Fsp3) is 0.438. The second-order valence-corrected chi connectivity index (χ2v) is 6.19. The number of nitrogens with one attached hydrogen (secondary N) is 2. The van der Waals surface area contributed by atoms with Gasteiger partial charge in [0.05, 0.1) is 17.6 Å². The maximum Gasteiger partial charge on any atom is 0.251 e. The Balaban J connectivity index is 1.43. The summed E-state index contributed by atoms with van der Waals surface area (Å²) in [6.07, 6.45) is 6.73. The quantitative estimate of drug-likeness (QED) is 0.910. The Morgan fingerprint density at radius 1 is 1.27 bits per heavy atom. The third kappa shape index (κ3) is 2.61. The molecule has 0 bridgehead atoms. The molecule has 2 heterocycles. The summed E-state index contributed by atoms with van der Waals surface area (Å²) >= 11 is 0. The van der Waals surface area contributed by atoms with Gasteiger partial charge in [0.2, 0.25) is 0 Å². The van der Waals surface area contributed by atoms with E-state index >= 15 is 0 Å². The van der Waals surface area contributed by atoms with Gasteiger partial charge in [0, 0.05) is 30.1 Å². The van der Waals surface area contributed by atoms with E-state index in [-0.39, 0.29) is 23.3 Å². The summed E-state index contributed by atoms with van der Waals surface area (Å²) < 4.78 is 13.5. The number of hydrogen-bond acceptors (Lipinski definition) is 4. The number of anilines is 1. The van der Waals surface area contributed by atoms with E-state index in [1.54, 1.807) is 18.3 Å². The molecular formula is C16H17FN4O. The summed E-state index contributed by atoms with van der Waals surface area (Å²) in [5, 5.41) is 3.18. The minimum absolute atomic E-state index is 0.0662. The number of aromatic nitrogens is 3.